The van der Waals surface area contributed by atoms with Gasteiger partial charge in [0, 0.05) is 29.6 Å². The highest BCUT2D eigenvalue weighted by Gasteiger charge is 2.34. The van der Waals surface area contributed by atoms with Crippen LogP contribution in [-0.2, 0) is 6.54 Å². The van der Waals surface area contributed by atoms with Gasteiger partial charge in [-0.05, 0) is 43.5 Å². The first-order valence-electron chi connectivity index (χ1n) is 6.54. The van der Waals surface area contributed by atoms with Crippen molar-refractivity contribution in [2.75, 3.05) is 13.1 Å². The Morgan fingerprint density at radius 1 is 1.22 bits per heavy atom. The fourth-order valence-corrected chi connectivity index (χ4v) is 3.63. The highest BCUT2D eigenvalue weighted by atomic mass is 79.9. The summed E-state index contributed by atoms with van der Waals surface area (Å²) in [4.78, 5) is 2.71. The van der Waals surface area contributed by atoms with Gasteiger partial charge in [-0.3, -0.25) is 4.90 Å². The van der Waals surface area contributed by atoms with E-state index in [1.807, 2.05) is 0 Å². The van der Waals surface area contributed by atoms with Crippen molar-refractivity contribution in [2.24, 2.45) is 0 Å². The van der Waals surface area contributed by atoms with E-state index >= 15 is 0 Å². The SMILES string of the molecule is Brc1cccc(CN2C3CCNCC2CC3)c1.Cl. The molecular weight excluding hydrogens is 312 g/mol. The summed E-state index contributed by atoms with van der Waals surface area (Å²) in [5.74, 6) is 0. The predicted molar refractivity (Wildman–Crippen MR) is 81.2 cm³/mol. The van der Waals surface area contributed by atoms with E-state index < -0.39 is 0 Å². The molecule has 2 heterocycles. The van der Waals surface area contributed by atoms with E-state index in [-0.39, 0.29) is 12.4 Å². The molecule has 3 rings (SSSR count). The van der Waals surface area contributed by atoms with E-state index in [1.165, 1.54) is 42.4 Å². The summed E-state index contributed by atoms with van der Waals surface area (Å²) in [5.41, 5.74) is 1.43. The largest absolute Gasteiger partial charge is 0.315 e. The monoisotopic (exact) mass is 330 g/mol. The molecule has 1 N–H and O–H groups in total. The molecule has 2 unspecified atom stereocenters. The van der Waals surface area contributed by atoms with Crippen molar-refractivity contribution in [3.05, 3.63) is 34.3 Å². The molecular formula is C14H20BrClN2. The van der Waals surface area contributed by atoms with Crippen LogP contribution >= 0.6 is 28.3 Å². The van der Waals surface area contributed by atoms with Gasteiger partial charge < -0.3 is 5.32 Å². The second-order valence-corrected chi connectivity index (χ2v) is 6.10. The third-order valence-corrected chi connectivity index (χ3v) is 4.55. The van der Waals surface area contributed by atoms with Crippen LogP contribution in [-0.4, -0.2) is 30.1 Å². The minimum Gasteiger partial charge on any atom is -0.315 e. The van der Waals surface area contributed by atoms with Crippen LogP contribution in [0.5, 0.6) is 0 Å². The molecule has 2 saturated heterocycles. The lowest BCUT2D eigenvalue weighted by Gasteiger charge is -2.27. The Balaban J connectivity index is 0.00000120. The second-order valence-electron chi connectivity index (χ2n) is 5.18. The minimum absolute atomic E-state index is 0. The number of hydrogen-bond donors (Lipinski definition) is 1. The molecule has 2 aliphatic rings. The van der Waals surface area contributed by atoms with Crippen LogP contribution in [0.2, 0.25) is 0 Å². The molecule has 0 aromatic heterocycles. The molecule has 0 amide bonds. The van der Waals surface area contributed by atoms with Crippen molar-refractivity contribution >= 4 is 28.3 Å². The standard InChI is InChI=1S/C14H19BrN2.ClH/c15-12-3-1-2-11(8-12)10-17-13-4-5-14(17)9-16-7-6-13;/h1-3,8,13-14,16H,4-7,9-10H2;1H. The van der Waals surface area contributed by atoms with E-state index in [2.05, 4.69) is 50.4 Å². The number of benzene rings is 1. The summed E-state index contributed by atoms with van der Waals surface area (Å²) >= 11 is 3.56. The van der Waals surface area contributed by atoms with Gasteiger partial charge >= 0.3 is 0 Å². The van der Waals surface area contributed by atoms with Gasteiger partial charge in [-0.1, -0.05) is 28.1 Å². The Labute approximate surface area is 124 Å². The Morgan fingerprint density at radius 3 is 2.89 bits per heavy atom. The maximum atomic E-state index is 3.56. The summed E-state index contributed by atoms with van der Waals surface area (Å²) in [5, 5.41) is 3.55. The number of halogens is 2. The van der Waals surface area contributed by atoms with Crippen LogP contribution in [0.25, 0.3) is 0 Å². The second kappa shape index (κ2) is 6.38. The first-order chi connectivity index (χ1) is 8.33. The summed E-state index contributed by atoms with van der Waals surface area (Å²) in [6.45, 7) is 3.47. The van der Waals surface area contributed by atoms with Crippen LogP contribution in [0.3, 0.4) is 0 Å². The van der Waals surface area contributed by atoms with Crippen LogP contribution in [0.15, 0.2) is 28.7 Å². The highest BCUT2D eigenvalue weighted by Crippen LogP contribution is 2.29. The van der Waals surface area contributed by atoms with Crippen molar-refractivity contribution in [2.45, 2.75) is 37.9 Å². The van der Waals surface area contributed by atoms with Gasteiger partial charge in [0.2, 0.25) is 0 Å². The average Bonchev–Trinajstić information content (AvgIpc) is 2.52. The summed E-state index contributed by atoms with van der Waals surface area (Å²) in [6, 6.07) is 10.3. The third-order valence-electron chi connectivity index (χ3n) is 4.06. The fourth-order valence-electron chi connectivity index (χ4n) is 3.19. The molecule has 1 aromatic carbocycles. The molecule has 2 bridgehead atoms. The molecule has 2 fully saturated rings. The smallest absolute Gasteiger partial charge is 0.0240 e. The molecule has 4 heteroatoms. The van der Waals surface area contributed by atoms with Crippen molar-refractivity contribution in [3.63, 3.8) is 0 Å². The first-order valence-corrected chi connectivity index (χ1v) is 7.33. The Kier molecular flexibility index (Phi) is 5.07. The Morgan fingerprint density at radius 2 is 2.06 bits per heavy atom. The van der Waals surface area contributed by atoms with Gasteiger partial charge in [0.25, 0.3) is 0 Å². The Hall–Kier alpha value is -0.0900. The maximum Gasteiger partial charge on any atom is 0.0240 e. The number of nitrogens with one attached hydrogen (secondary N) is 1. The molecule has 0 aliphatic carbocycles. The van der Waals surface area contributed by atoms with E-state index in [4.69, 9.17) is 0 Å². The fraction of sp³-hybridized carbons (Fsp3) is 0.571. The van der Waals surface area contributed by atoms with Crippen LogP contribution in [0, 0.1) is 0 Å². The normalized spacial score (nSPS) is 27.6. The molecule has 0 spiro atoms. The third kappa shape index (κ3) is 3.08. The van der Waals surface area contributed by atoms with Crippen LogP contribution in [0.1, 0.15) is 24.8 Å². The first kappa shape index (κ1) is 14.3. The van der Waals surface area contributed by atoms with Gasteiger partial charge in [-0.2, -0.15) is 0 Å². The van der Waals surface area contributed by atoms with Crippen molar-refractivity contribution in [3.8, 4) is 0 Å². The molecule has 2 atom stereocenters. The van der Waals surface area contributed by atoms with Gasteiger partial charge in [-0.15, -0.1) is 12.4 Å². The highest BCUT2D eigenvalue weighted by molar-refractivity contribution is 9.10. The molecule has 2 aliphatic heterocycles. The average molecular weight is 332 g/mol. The lowest BCUT2D eigenvalue weighted by Crippen LogP contribution is -2.37. The zero-order valence-electron chi connectivity index (χ0n) is 10.4. The van der Waals surface area contributed by atoms with Crippen LogP contribution in [0.4, 0.5) is 0 Å². The summed E-state index contributed by atoms with van der Waals surface area (Å²) < 4.78 is 1.19. The zero-order valence-corrected chi connectivity index (χ0v) is 12.8. The van der Waals surface area contributed by atoms with E-state index in [1.54, 1.807) is 0 Å². The molecule has 1 aromatic rings. The zero-order chi connectivity index (χ0) is 11.7. The van der Waals surface area contributed by atoms with Crippen LogP contribution < -0.4 is 5.32 Å². The Bertz CT molecular complexity index is 385. The quantitative estimate of drug-likeness (QED) is 0.895. The number of nitrogens with zero attached hydrogens (tertiary/aromatic N) is 1. The van der Waals surface area contributed by atoms with E-state index in [0.717, 1.165) is 18.6 Å². The number of rotatable bonds is 2. The predicted octanol–water partition coefficient (Wildman–Crippen LogP) is 3.20. The van der Waals surface area contributed by atoms with Crippen molar-refractivity contribution in [1.82, 2.24) is 10.2 Å². The number of hydrogen-bond acceptors (Lipinski definition) is 2. The molecule has 100 valence electrons. The topological polar surface area (TPSA) is 15.3 Å². The summed E-state index contributed by atoms with van der Waals surface area (Å²) in [7, 11) is 0. The van der Waals surface area contributed by atoms with Gasteiger partial charge in [-0.25, -0.2) is 0 Å². The van der Waals surface area contributed by atoms with Gasteiger partial charge in [0.1, 0.15) is 0 Å². The lowest BCUT2D eigenvalue weighted by atomic mass is 10.1. The van der Waals surface area contributed by atoms with Crippen molar-refractivity contribution in [1.29, 1.82) is 0 Å². The maximum absolute atomic E-state index is 3.56. The number of fused-ring (bicyclic) bond motifs is 2. The summed E-state index contributed by atoms with van der Waals surface area (Å²) in [6.07, 6.45) is 4.07. The van der Waals surface area contributed by atoms with E-state index in [9.17, 15) is 0 Å². The minimum atomic E-state index is 0. The van der Waals surface area contributed by atoms with Gasteiger partial charge in [0.05, 0.1) is 0 Å². The molecule has 18 heavy (non-hydrogen) atoms. The van der Waals surface area contributed by atoms with Crippen molar-refractivity contribution < 1.29 is 0 Å². The van der Waals surface area contributed by atoms with E-state index in [0.29, 0.717) is 0 Å². The molecule has 2 nitrogen and oxygen atoms in total. The van der Waals surface area contributed by atoms with Gasteiger partial charge in [0.15, 0.2) is 0 Å². The molecule has 0 radical (unpaired) electrons. The molecule has 0 saturated carbocycles. The lowest BCUT2D eigenvalue weighted by molar-refractivity contribution is 0.193.